The first-order chi connectivity index (χ1) is 14.9. The Hall–Kier alpha value is -3.99. The fraction of sp³-hybridized carbons (Fsp3) is 0.261. The Balaban J connectivity index is 1.79. The fourth-order valence-electron chi connectivity index (χ4n) is 2.98. The normalized spacial score (nSPS) is 10.4. The van der Waals surface area contributed by atoms with E-state index in [0.717, 1.165) is 12.0 Å². The third-order valence-electron chi connectivity index (χ3n) is 4.72. The van der Waals surface area contributed by atoms with Crippen molar-refractivity contribution in [2.75, 3.05) is 14.1 Å². The number of aromatic nitrogens is 3. The van der Waals surface area contributed by atoms with Gasteiger partial charge in [0.2, 0.25) is 11.7 Å². The minimum absolute atomic E-state index is 0.0764. The number of hydrogen-bond donors (Lipinski definition) is 1. The van der Waals surface area contributed by atoms with Gasteiger partial charge in [0.15, 0.2) is 5.82 Å². The molecule has 0 atom stereocenters. The van der Waals surface area contributed by atoms with Gasteiger partial charge in [-0.1, -0.05) is 31.2 Å². The summed E-state index contributed by atoms with van der Waals surface area (Å²) in [5, 5.41) is 16.2. The number of hydrogen-bond acceptors (Lipinski definition) is 5. The molecule has 0 saturated carbocycles. The SMILES string of the molecule is CCc1cccc(CNC(=O)Cn2nc(-c3ccc(C#N)cc3)nc2C(=O)N(C)C)c1. The second-order valence-corrected chi connectivity index (χ2v) is 7.26. The topological polar surface area (TPSA) is 104 Å². The molecule has 0 saturated heterocycles. The Morgan fingerprint density at radius 3 is 2.48 bits per heavy atom. The van der Waals surface area contributed by atoms with Crippen LogP contribution >= 0.6 is 0 Å². The molecular weight excluding hydrogens is 392 g/mol. The van der Waals surface area contributed by atoms with Gasteiger partial charge in [0, 0.05) is 26.2 Å². The van der Waals surface area contributed by atoms with Crippen molar-refractivity contribution >= 4 is 11.8 Å². The Kier molecular flexibility index (Phi) is 6.78. The number of carbonyl (C=O) groups excluding carboxylic acids is 2. The number of rotatable bonds is 7. The predicted octanol–water partition coefficient (Wildman–Crippen LogP) is 2.40. The average Bonchev–Trinajstić information content (AvgIpc) is 3.20. The van der Waals surface area contributed by atoms with Crippen molar-refractivity contribution in [2.45, 2.75) is 26.4 Å². The van der Waals surface area contributed by atoms with E-state index < -0.39 is 0 Å². The van der Waals surface area contributed by atoms with E-state index in [1.807, 2.05) is 18.2 Å². The maximum atomic E-state index is 12.6. The summed E-state index contributed by atoms with van der Waals surface area (Å²) in [5.74, 6) is -0.229. The van der Waals surface area contributed by atoms with Gasteiger partial charge in [0.05, 0.1) is 11.6 Å². The highest BCUT2D eigenvalue weighted by molar-refractivity contribution is 5.91. The van der Waals surface area contributed by atoms with Crippen molar-refractivity contribution in [3.05, 3.63) is 71.0 Å². The molecule has 0 fully saturated rings. The molecule has 2 amide bonds. The maximum Gasteiger partial charge on any atom is 0.290 e. The van der Waals surface area contributed by atoms with Crippen LogP contribution in [0, 0.1) is 11.3 Å². The van der Waals surface area contributed by atoms with E-state index in [9.17, 15) is 9.59 Å². The summed E-state index contributed by atoms with van der Waals surface area (Å²) >= 11 is 0. The molecule has 1 aromatic heterocycles. The molecule has 158 valence electrons. The first-order valence-electron chi connectivity index (χ1n) is 9.92. The van der Waals surface area contributed by atoms with Crippen LogP contribution in [0.5, 0.6) is 0 Å². The zero-order chi connectivity index (χ0) is 22.4. The summed E-state index contributed by atoms with van der Waals surface area (Å²) in [6.45, 7) is 2.34. The number of amides is 2. The minimum Gasteiger partial charge on any atom is -0.350 e. The van der Waals surface area contributed by atoms with Gasteiger partial charge >= 0.3 is 0 Å². The standard InChI is InChI=1S/C23H24N6O2/c1-4-16-6-5-7-18(12-16)14-25-20(30)15-29-22(23(31)28(2)3)26-21(27-29)19-10-8-17(13-24)9-11-19/h5-12H,4,14-15H2,1-3H3,(H,25,30). The molecule has 0 spiro atoms. The number of nitrogens with zero attached hydrogens (tertiary/aromatic N) is 5. The molecule has 0 radical (unpaired) electrons. The number of carbonyl (C=O) groups is 2. The van der Waals surface area contributed by atoms with Gasteiger partial charge in [-0.05, 0) is 41.8 Å². The lowest BCUT2D eigenvalue weighted by molar-refractivity contribution is -0.122. The highest BCUT2D eigenvalue weighted by Crippen LogP contribution is 2.17. The molecule has 31 heavy (non-hydrogen) atoms. The van der Waals surface area contributed by atoms with Crippen LogP contribution in [0.15, 0.2) is 48.5 Å². The number of nitriles is 1. The van der Waals surface area contributed by atoms with Crippen molar-refractivity contribution in [2.24, 2.45) is 0 Å². The monoisotopic (exact) mass is 416 g/mol. The highest BCUT2D eigenvalue weighted by atomic mass is 16.2. The van der Waals surface area contributed by atoms with Gasteiger partial charge in [0.1, 0.15) is 6.54 Å². The Labute approximate surface area is 181 Å². The van der Waals surface area contributed by atoms with Crippen molar-refractivity contribution in [3.63, 3.8) is 0 Å². The predicted molar refractivity (Wildman–Crippen MR) is 116 cm³/mol. The molecule has 1 heterocycles. The largest absolute Gasteiger partial charge is 0.350 e. The summed E-state index contributed by atoms with van der Waals surface area (Å²) in [5.41, 5.74) is 3.38. The summed E-state index contributed by atoms with van der Waals surface area (Å²) in [7, 11) is 3.23. The van der Waals surface area contributed by atoms with Gasteiger partial charge in [-0.3, -0.25) is 9.59 Å². The molecule has 0 unspecified atom stereocenters. The zero-order valence-electron chi connectivity index (χ0n) is 17.8. The van der Waals surface area contributed by atoms with Gasteiger partial charge in [0.25, 0.3) is 5.91 Å². The molecular formula is C23H24N6O2. The fourth-order valence-corrected chi connectivity index (χ4v) is 2.98. The molecule has 0 aliphatic rings. The van der Waals surface area contributed by atoms with E-state index in [0.29, 0.717) is 23.5 Å². The Morgan fingerprint density at radius 2 is 1.84 bits per heavy atom. The van der Waals surface area contributed by atoms with E-state index >= 15 is 0 Å². The van der Waals surface area contributed by atoms with Crippen molar-refractivity contribution in [1.82, 2.24) is 25.0 Å². The van der Waals surface area contributed by atoms with Crippen LogP contribution in [0.1, 0.15) is 34.2 Å². The van der Waals surface area contributed by atoms with E-state index in [1.54, 1.807) is 38.4 Å². The van der Waals surface area contributed by atoms with Crippen molar-refractivity contribution in [1.29, 1.82) is 5.26 Å². The van der Waals surface area contributed by atoms with Gasteiger partial charge in [-0.25, -0.2) is 9.67 Å². The molecule has 0 aliphatic carbocycles. The molecule has 3 aromatic rings. The van der Waals surface area contributed by atoms with Crippen LogP contribution in [0.2, 0.25) is 0 Å². The zero-order valence-corrected chi connectivity index (χ0v) is 17.8. The van der Waals surface area contributed by atoms with E-state index in [4.69, 9.17) is 5.26 Å². The Bertz CT molecular complexity index is 1130. The molecule has 8 nitrogen and oxygen atoms in total. The van der Waals surface area contributed by atoms with Crippen LogP contribution < -0.4 is 5.32 Å². The molecule has 0 aliphatic heterocycles. The first kappa shape index (κ1) is 21.7. The van der Waals surface area contributed by atoms with Crippen molar-refractivity contribution in [3.8, 4) is 17.5 Å². The summed E-state index contributed by atoms with van der Waals surface area (Å²) in [6, 6.07) is 16.8. The summed E-state index contributed by atoms with van der Waals surface area (Å²) in [4.78, 5) is 30.9. The second-order valence-electron chi connectivity index (χ2n) is 7.26. The molecule has 2 aromatic carbocycles. The molecule has 8 heteroatoms. The quantitative estimate of drug-likeness (QED) is 0.637. The van der Waals surface area contributed by atoms with Gasteiger partial charge < -0.3 is 10.2 Å². The van der Waals surface area contributed by atoms with Gasteiger partial charge in [-0.2, -0.15) is 5.26 Å². The maximum absolute atomic E-state index is 12.6. The lowest BCUT2D eigenvalue weighted by Crippen LogP contribution is -2.31. The summed E-state index contributed by atoms with van der Waals surface area (Å²) < 4.78 is 1.31. The summed E-state index contributed by atoms with van der Waals surface area (Å²) in [6.07, 6.45) is 0.925. The van der Waals surface area contributed by atoms with Crippen LogP contribution in [-0.2, 0) is 24.3 Å². The van der Waals surface area contributed by atoms with Crippen LogP contribution in [0.4, 0.5) is 0 Å². The third-order valence-corrected chi connectivity index (χ3v) is 4.72. The van der Waals surface area contributed by atoms with Crippen LogP contribution in [0.3, 0.4) is 0 Å². The third kappa shape index (κ3) is 5.34. The molecule has 3 rings (SSSR count). The lowest BCUT2D eigenvalue weighted by Gasteiger charge is -2.11. The van der Waals surface area contributed by atoms with E-state index in [1.165, 1.54) is 15.1 Å². The number of nitrogens with one attached hydrogen (secondary N) is 1. The van der Waals surface area contributed by atoms with Crippen molar-refractivity contribution < 1.29 is 9.59 Å². The lowest BCUT2D eigenvalue weighted by atomic mass is 10.1. The average molecular weight is 416 g/mol. The van der Waals surface area contributed by atoms with Gasteiger partial charge in [-0.15, -0.1) is 5.10 Å². The van der Waals surface area contributed by atoms with Crippen LogP contribution in [0.25, 0.3) is 11.4 Å². The number of benzene rings is 2. The highest BCUT2D eigenvalue weighted by Gasteiger charge is 2.21. The second kappa shape index (κ2) is 9.67. The minimum atomic E-state index is -0.351. The first-order valence-corrected chi connectivity index (χ1v) is 9.92. The number of aryl methyl sites for hydroxylation is 1. The molecule has 1 N–H and O–H groups in total. The Morgan fingerprint density at radius 1 is 1.13 bits per heavy atom. The van der Waals surface area contributed by atoms with E-state index in [-0.39, 0.29) is 24.2 Å². The van der Waals surface area contributed by atoms with Crippen LogP contribution in [-0.4, -0.2) is 45.6 Å². The smallest absolute Gasteiger partial charge is 0.290 e. The molecule has 0 bridgehead atoms. The van der Waals surface area contributed by atoms with E-state index in [2.05, 4.69) is 34.5 Å².